The van der Waals surface area contributed by atoms with Gasteiger partial charge in [-0.15, -0.1) is 0 Å². The van der Waals surface area contributed by atoms with Gasteiger partial charge in [0.05, 0.1) is 53.2 Å². The number of benzene rings is 1. The summed E-state index contributed by atoms with van der Waals surface area (Å²) in [6.07, 6.45) is 0.148. The van der Waals surface area contributed by atoms with E-state index in [4.69, 9.17) is 24.2 Å². The lowest BCUT2D eigenvalue weighted by molar-refractivity contribution is -0.154. The summed E-state index contributed by atoms with van der Waals surface area (Å²) in [4.78, 5) is 68.6. The molecule has 13 nitrogen and oxygen atoms in total. The molecule has 1 aromatic heterocycles. The molecular formula is C44H60F2N4O9S. The van der Waals surface area contributed by atoms with Gasteiger partial charge in [-0.25, -0.2) is 27.2 Å². The van der Waals surface area contributed by atoms with Crippen LogP contribution in [0.15, 0.2) is 18.2 Å². The van der Waals surface area contributed by atoms with Crippen LogP contribution in [0.25, 0.3) is 11.0 Å². The van der Waals surface area contributed by atoms with Crippen molar-refractivity contribution in [2.45, 2.75) is 148 Å². The molecule has 2 unspecified atom stereocenters. The van der Waals surface area contributed by atoms with Crippen molar-refractivity contribution in [3.8, 4) is 11.6 Å². The summed E-state index contributed by atoms with van der Waals surface area (Å²) in [5.74, 6) is -4.38. The van der Waals surface area contributed by atoms with Gasteiger partial charge in [-0.2, -0.15) is 0 Å². The number of fused-ring (bicyclic) bond motifs is 7. The number of methoxy groups -OCH3 is 1. The largest absolute Gasteiger partial charge is 0.497 e. The second-order valence-electron chi connectivity index (χ2n) is 19.4. The number of rotatable bonds is 9. The molecule has 2 aromatic rings. The number of hydrogen-bond acceptors (Lipinski definition) is 11. The lowest BCUT2D eigenvalue weighted by Crippen LogP contribution is -2.50. The van der Waals surface area contributed by atoms with Crippen LogP contribution in [-0.4, -0.2) is 89.9 Å². The van der Waals surface area contributed by atoms with E-state index in [2.05, 4.69) is 4.72 Å². The summed E-state index contributed by atoms with van der Waals surface area (Å²) in [6, 6.07) is 4.19. The Morgan fingerprint density at radius 1 is 1.05 bits per heavy atom. The van der Waals surface area contributed by atoms with Crippen LogP contribution in [0.3, 0.4) is 0 Å². The van der Waals surface area contributed by atoms with Crippen LogP contribution in [0.1, 0.15) is 124 Å². The number of Topliss-reactive ketones (excluding diaryl/α,β-unsaturated/α-hetero) is 1. The summed E-state index contributed by atoms with van der Waals surface area (Å²) in [6.45, 7) is 8.74. The fourth-order valence-electron chi connectivity index (χ4n) is 9.73. The predicted octanol–water partition coefficient (Wildman–Crippen LogP) is 6.76. The zero-order valence-electron chi connectivity index (χ0n) is 34.7. The molecule has 0 spiro atoms. The minimum atomic E-state index is -4.20. The first-order valence-electron chi connectivity index (χ1n) is 21.2. The van der Waals surface area contributed by atoms with E-state index in [0.29, 0.717) is 47.7 Å². The Morgan fingerprint density at radius 2 is 1.77 bits per heavy atom. The molecule has 16 heteroatoms. The van der Waals surface area contributed by atoms with Gasteiger partial charge in [0.1, 0.15) is 23.7 Å². The predicted molar refractivity (Wildman–Crippen MR) is 218 cm³/mol. The van der Waals surface area contributed by atoms with Gasteiger partial charge in [0.25, 0.3) is 0 Å². The smallest absolute Gasteiger partial charge is 0.306 e. The van der Waals surface area contributed by atoms with E-state index in [-0.39, 0.29) is 50.6 Å². The number of ketones is 1. The molecule has 1 N–H and O–H groups in total. The zero-order chi connectivity index (χ0) is 42.4. The molecular weight excluding hydrogens is 799 g/mol. The summed E-state index contributed by atoms with van der Waals surface area (Å²) < 4.78 is 74.2. The van der Waals surface area contributed by atoms with Crippen molar-refractivity contribution in [3.63, 3.8) is 0 Å². The van der Waals surface area contributed by atoms with Crippen LogP contribution in [0, 0.1) is 40.4 Å². The van der Waals surface area contributed by atoms with Crippen molar-refractivity contribution >= 4 is 44.6 Å². The Labute approximate surface area is 351 Å². The number of alkyl halides is 2. The summed E-state index contributed by atoms with van der Waals surface area (Å²) in [5, 5.41) is 0. The molecule has 60 heavy (non-hydrogen) atoms. The van der Waals surface area contributed by atoms with E-state index in [1.807, 2.05) is 39.8 Å². The van der Waals surface area contributed by atoms with Gasteiger partial charge in [0.15, 0.2) is 5.78 Å². The lowest BCUT2D eigenvalue weighted by Gasteiger charge is -2.35. The minimum absolute atomic E-state index is 0. The normalized spacial score (nSPS) is 33.4. The second kappa shape index (κ2) is 15.7. The van der Waals surface area contributed by atoms with Crippen LogP contribution in [0.5, 0.6) is 11.6 Å². The van der Waals surface area contributed by atoms with Crippen LogP contribution < -0.4 is 14.2 Å². The average Bonchev–Trinajstić information content (AvgIpc) is 4.01. The third-order valence-corrected chi connectivity index (χ3v) is 16.5. The molecule has 6 aliphatic rings. The fraction of sp³-hybridized carbons (Fsp3) is 0.727. The third kappa shape index (κ3) is 8.22. The molecule has 8 rings (SSSR count). The third-order valence-electron chi connectivity index (χ3n) is 14.3. The number of aromatic nitrogens is 2. The van der Waals surface area contributed by atoms with Crippen molar-refractivity contribution in [2.24, 2.45) is 40.4 Å². The Balaban J connectivity index is 0.00000544. The van der Waals surface area contributed by atoms with Gasteiger partial charge < -0.3 is 19.1 Å². The molecule has 1 saturated heterocycles. The SMILES string of the molecule is C.CC[C@@H]1[C@@H]2CN(C(=O)[C@H](C(C)(C)C)CC(=O)O[C@@H]3C[C@H]3CCCC3CC3c3nc4ccc(OC)cc4nc3O2)[C@@H]1C(=O)C[C@]1(C(=O)NS(=O)(=O)C2(C)CC2)C[C@H]1C(F)F. The van der Waals surface area contributed by atoms with Crippen LogP contribution in [0.2, 0.25) is 0 Å². The van der Waals surface area contributed by atoms with E-state index >= 15 is 0 Å². The number of sulfonamides is 1. The van der Waals surface area contributed by atoms with Crippen LogP contribution >= 0.6 is 0 Å². The molecule has 330 valence electrons. The van der Waals surface area contributed by atoms with Gasteiger partial charge >= 0.3 is 5.97 Å². The summed E-state index contributed by atoms with van der Waals surface area (Å²) in [7, 11) is -2.64. The van der Waals surface area contributed by atoms with E-state index in [1.54, 1.807) is 13.2 Å². The van der Waals surface area contributed by atoms with Crippen molar-refractivity contribution in [1.82, 2.24) is 19.6 Å². The van der Waals surface area contributed by atoms with Gasteiger partial charge in [0.2, 0.25) is 34.1 Å². The van der Waals surface area contributed by atoms with Gasteiger partial charge in [0, 0.05) is 30.2 Å². The Bertz CT molecular complexity index is 2160. The van der Waals surface area contributed by atoms with Crippen LogP contribution in [0.4, 0.5) is 8.78 Å². The van der Waals surface area contributed by atoms with Crippen molar-refractivity contribution in [2.75, 3.05) is 13.7 Å². The zero-order valence-corrected chi connectivity index (χ0v) is 35.5. The molecule has 3 heterocycles. The van der Waals surface area contributed by atoms with Crippen molar-refractivity contribution in [1.29, 1.82) is 0 Å². The molecule has 10 atom stereocenters. The number of halogens is 2. The lowest BCUT2D eigenvalue weighted by atomic mass is 9.77. The maximum Gasteiger partial charge on any atom is 0.306 e. The highest BCUT2D eigenvalue weighted by atomic mass is 32.2. The Morgan fingerprint density at radius 3 is 2.40 bits per heavy atom. The van der Waals surface area contributed by atoms with Crippen molar-refractivity contribution in [3.05, 3.63) is 23.9 Å². The molecule has 5 fully saturated rings. The molecule has 2 aliphatic heterocycles. The average molecular weight is 859 g/mol. The number of ether oxygens (including phenoxy) is 3. The maximum atomic E-state index is 15.0. The first kappa shape index (κ1) is 44.1. The summed E-state index contributed by atoms with van der Waals surface area (Å²) in [5.41, 5.74) is -0.848. The first-order valence-corrected chi connectivity index (χ1v) is 22.7. The number of esters is 1. The van der Waals surface area contributed by atoms with E-state index < -0.39 is 91.9 Å². The first-order chi connectivity index (χ1) is 27.8. The minimum Gasteiger partial charge on any atom is -0.497 e. The quantitative estimate of drug-likeness (QED) is 0.264. The molecule has 0 radical (unpaired) electrons. The Hall–Kier alpha value is -3.95. The number of hydrogen-bond donors (Lipinski definition) is 1. The molecule has 2 amide bonds. The monoisotopic (exact) mass is 858 g/mol. The molecule has 4 saturated carbocycles. The van der Waals surface area contributed by atoms with E-state index in [0.717, 1.165) is 32.1 Å². The topological polar surface area (TPSA) is 171 Å². The van der Waals surface area contributed by atoms with E-state index in [1.165, 1.54) is 11.8 Å². The number of nitrogens with zero attached hydrogens (tertiary/aromatic N) is 3. The highest BCUT2D eigenvalue weighted by molar-refractivity contribution is 7.91. The number of carbonyl (C=O) groups is 4. The van der Waals surface area contributed by atoms with Crippen molar-refractivity contribution < 1.29 is 50.6 Å². The maximum absolute atomic E-state index is 15.0. The molecule has 2 bridgehead atoms. The molecule has 4 aliphatic carbocycles. The fourth-order valence-corrected chi connectivity index (χ4v) is 11.1. The number of amides is 2. The number of nitrogens with one attached hydrogen (secondary N) is 1. The van der Waals surface area contributed by atoms with Crippen LogP contribution in [-0.2, 0) is 33.9 Å². The highest BCUT2D eigenvalue weighted by Gasteiger charge is 2.67. The van der Waals surface area contributed by atoms with E-state index in [9.17, 15) is 36.4 Å². The number of carbonyl (C=O) groups excluding carboxylic acids is 4. The second-order valence-corrected chi connectivity index (χ2v) is 21.6. The summed E-state index contributed by atoms with van der Waals surface area (Å²) >= 11 is 0. The van der Waals surface area contributed by atoms with Gasteiger partial charge in [-0.3, -0.25) is 23.9 Å². The van der Waals surface area contributed by atoms with Gasteiger partial charge in [-0.05, 0) is 87.7 Å². The molecule has 1 aromatic carbocycles. The standard InChI is InChI=1S/C43H56F2N4O9S.CH4/c1-7-25-33-21-49(36(25)31(50)20-43(19-28(43)37(44)45)40(53)48-59(54,55)42(5)13-14-42)39(52)27(41(2,3)4)18-34(51)57-32-16-23(32)10-8-9-22-15-26(22)35-38(58-33)47-30-17-24(56-6)11-12-29(30)46-35;/h11-12,17,22-23,25-28,32-33,36-37H,7-10,13-16,18-21H2,1-6H3,(H,48,53);1H4/t22?,23-,25-,26?,27-,28+,32-,33+,36+,43-;/m1./s1. The van der Waals surface area contributed by atoms with Gasteiger partial charge in [-0.1, -0.05) is 41.5 Å². The Kier molecular flexibility index (Phi) is 11.6. The highest BCUT2D eigenvalue weighted by Crippen LogP contribution is 2.60.